The molecular weight excluding hydrogens is 380 g/mol. The monoisotopic (exact) mass is 397 g/mol. The van der Waals surface area contributed by atoms with Crippen LogP contribution in [0.15, 0.2) is 27.5 Å². The molecular formula is C16H17F2N5O3S. The van der Waals surface area contributed by atoms with Crippen LogP contribution in [0.1, 0.15) is 31.3 Å². The van der Waals surface area contributed by atoms with Gasteiger partial charge in [-0.05, 0) is 39.8 Å². The van der Waals surface area contributed by atoms with E-state index in [1.54, 1.807) is 18.5 Å². The van der Waals surface area contributed by atoms with Crippen LogP contribution in [-0.4, -0.2) is 28.4 Å². The van der Waals surface area contributed by atoms with Gasteiger partial charge in [-0.1, -0.05) is 5.10 Å². The molecule has 0 fully saturated rings. The maximum absolute atomic E-state index is 13.8. The van der Waals surface area contributed by atoms with Gasteiger partial charge < -0.3 is 4.42 Å². The minimum absolute atomic E-state index is 0.00362. The molecule has 8 nitrogen and oxygen atoms in total. The quantitative estimate of drug-likeness (QED) is 0.709. The van der Waals surface area contributed by atoms with E-state index < -0.39 is 27.7 Å². The Morgan fingerprint density at radius 2 is 1.89 bits per heavy atom. The van der Waals surface area contributed by atoms with Crippen LogP contribution >= 0.6 is 0 Å². The van der Waals surface area contributed by atoms with Gasteiger partial charge in [0.05, 0.1) is 17.0 Å². The number of nitrogens with one attached hydrogen (secondary N) is 1. The molecule has 11 heteroatoms. The molecule has 2 heterocycles. The van der Waals surface area contributed by atoms with E-state index in [0.29, 0.717) is 17.5 Å². The summed E-state index contributed by atoms with van der Waals surface area (Å²) in [6.07, 6.45) is 0. The number of hydrogen-bond acceptors (Lipinski definition) is 6. The van der Waals surface area contributed by atoms with Gasteiger partial charge in [0.15, 0.2) is 0 Å². The molecule has 1 aromatic carbocycles. The Hall–Kier alpha value is -2.82. The maximum atomic E-state index is 13.8. The van der Waals surface area contributed by atoms with Crippen LogP contribution in [0.4, 0.5) is 14.8 Å². The van der Waals surface area contributed by atoms with Crippen LogP contribution in [-0.2, 0) is 10.0 Å². The zero-order valence-electron chi connectivity index (χ0n) is 15.0. The number of hydrogen-bond donors (Lipinski definition) is 1. The molecule has 27 heavy (non-hydrogen) atoms. The average Bonchev–Trinajstić information content (AvgIpc) is 3.11. The predicted molar refractivity (Wildman–Crippen MR) is 92.5 cm³/mol. The second kappa shape index (κ2) is 6.72. The highest BCUT2D eigenvalue weighted by Crippen LogP contribution is 2.27. The lowest BCUT2D eigenvalue weighted by atomic mass is 10.2. The first-order chi connectivity index (χ1) is 12.6. The Labute approximate surface area is 154 Å². The molecule has 0 bridgehead atoms. The molecule has 0 saturated heterocycles. The van der Waals surface area contributed by atoms with Crippen molar-refractivity contribution in [3.05, 3.63) is 41.2 Å². The van der Waals surface area contributed by atoms with Gasteiger partial charge >= 0.3 is 6.01 Å². The van der Waals surface area contributed by atoms with Gasteiger partial charge in [-0.3, -0.25) is 4.68 Å². The molecule has 0 amide bonds. The molecule has 0 spiro atoms. The number of anilines is 1. The summed E-state index contributed by atoms with van der Waals surface area (Å²) in [5, 5.41) is 11.4. The van der Waals surface area contributed by atoms with Gasteiger partial charge in [-0.2, -0.15) is 5.10 Å². The standard InChI is InChI=1S/C16H17F2N5O3S/c1-8(2)23-10(4)14(9(3)21-23)27(24,25)22-16-20-19-15(26-16)12-6-5-11(17)7-13(12)18/h5-8H,1-4H3,(H,20,22). The average molecular weight is 397 g/mol. The number of aromatic nitrogens is 4. The third kappa shape index (κ3) is 3.54. The van der Waals surface area contributed by atoms with Gasteiger partial charge in [0.1, 0.15) is 16.5 Å². The van der Waals surface area contributed by atoms with Crippen LogP contribution in [0.2, 0.25) is 0 Å². The summed E-state index contributed by atoms with van der Waals surface area (Å²) in [7, 11) is -4.06. The van der Waals surface area contributed by atoms with Crippen molar-refractivity contribution in [1.82, 2.24) is 20.0 Å². The van der Waals surface area contributed by atoms with E-state index in [2.05, 4.69) is 20.0 Å². The van der Waals surface area contributed by atoms with Crippen LogP contribution in [0.5, 0.6) is 0 Å². The van der Waals surface area contributed by atoms with Crippen molar-refractivity contribution in [2.24, 2.45) is 0 Å². The fourth-order valence-electron chi connectivity index (χ4n) is 2.74. The number of halogens is 2. The third-order valence-corrected chi connectivity index (χ3v) is 5.40. The van der Waals surface area contributed by atoms with Gasteiger partial charge in [-0.15, -0.1) is 5.10 Å². The molecule has 2 aromatic heterocycles. The molecule has 3 aromatic rings. The Morgan fingerprint density at radius 3 is 2.48 bits per heavy atom. The Bertz CT molecular complexity index is 1110. The van der Waals surface area contributed by atoms with Crippen molar-refractivity contribution in [3.8, 4) is 11.5 Å². The lowest BCUT2D eigenvalue weighted by Gasteiger charge is -2.09. The van der Waals surface area contributed by atoms with Crippen molar-refractivity contribution in [3.63, 3.8) is 0 Å². The molecule has 0 atom stereocenters. The van der Waals surface area contributed by atoms with Crippen molar-refractivity contribution < 1.29 is 21.6 Å². The summed E-state index contributed by atoms with van der Waals surface area (Å²) in [6, 6.07) is 2.35. The van der Waals surface area contributed by atoms with E-state index in [1.165, 1.54) is 0 Å². The van der Waals surface area contributed by atoms with E-state index >= 15 is 0 Å². The molecule has 3 rings (SSSR count). The smallest absolute Gasteiger partial charge is 0.330 e. The summed E-state index contributed by atoms with van der Waals surface area (Å²) < 4.78 is 61.2. The van der Waals surface area contributed by atoms with Crippen LogP contribution in [0.25, 0.3) is 11.5 Å². The van der Waals surface area contributed by atoms with Crippen LogP contribution in [0, 0.1) is 25.5 Å². The van der Waals surface area contributed by atoms with E-state index in [1.807, 2.05) is 13.8 Å². The highest BCUT2D eigenvalue weighted by molar-refractivity contribution is 7.92. The molecule has 0 unspecified atom stereocenters. The lowest BCUT2D eigenvalue weighted by Crippen LogP contribution is -2.15. The first-order valence-electron chi connectivity index (χ1n) is 7.97. The Balaban J connectivity index is 1.93. The summed E-state index contributed by atoms with van der Waals surface area (Å²) in [6.45, 7) is 6.98. The van der Waals surface area contributed by atoms with Crippen LogP contribution in [0.3, 0.4) is 0 Å². The van der Waals surface area contributed by atoms with E-state index in [-0.39, 0.29) is 22.4 Å². The Kier molecular flexibility index (Phi) is 4.72. The first-order valence-corrected chi connectivity index (χ1v) is 9.46. The van der Waals surface area contributed by atoms with Crippen molar-refractivity contribution in [2.75, 3.05) is 4.72 Å². The van der Waals surface area contributed by atoms with Crippen molar-refractivity contribution in [1.29, 1.82) is 0 Å². The minimum atomic E-state index is -4.06. The second-order valence-corrected chi connectivity index (χ2v) is 7.80. The first kappa shape index (κ1) is 19.0. The number of nitrogens with zero attached hydrogens (tertiary/aromatic N) is 4. The van der Waals surface area contributed by atoms with Crippen molar-refractivity contribution >= 4 is 16.0 Å². The third-order valence-electron chi connectivity index (χ3n) is 3.82. The molecule has 144 valence electrons. The number of rotatable bonds is 5. The highest BCUT2D eigenvalue weighted by atomic mass is 32.2. The van der Waals surface area contributed by atoms with E-state index in [4.69, 9.17) is 4.42 Å². The van der Waals surface area contributed by atoms with Gasteiger partial charge in [-0.25, -0.2) is 21.9 Å². The normalized spacial score (nSPS) is 12.0. The molecule has 0 saturated carbocycles. The number of sulfonamides is 1. The van der Waals surface area contributed by atoms with Crippen LogP contribution < -0.4 is 4.72 Å². The summed E-state index contributed by atoms with van der Waals surface area (Å²) in [4.78, 5) is 0.00362. The summed E-state index contributed by atoms with van der Waals surface area (Å²) in [5.41, 5.74) is 0.631. The molecule has 0 aliphatic carbocycles. The summed E-state index contributed by atoms with van der Waals surface area (Å²) >= 11 is 0. The van der Waals surface area contributed by atoms with E-state index in [0.717, 1.165) is 12.1 Å². The molecule has 0 aliphatic rings. The topological polar surface area (TPSA) is 103 Å². The molecule has 1 N–H and O–H groups in total. The van der Waals surface area contributed by atoms with E-state index in [9.17, 15) is 17.2 Å². The fraction of sp³-hybridized carbons (Fsp3) is 0.312. The zero-order chi connectivity index (χ0) is 19.9. The fourth-order valence-corrected chi connectivity index (χ4v) is 4.07. The molecule has 0 radical (unpaired) electrons. The zero-order valence-corrected chi connectivity index (χ0v) is 15.8. The Morgan fingerprint density at radius 1 is 1.19 bits per heavy atom. The maximum Gasteiger partial charge on any atom is 0.330 e. The van der Waals surface area contributed by atoms with Gasteiger partial charge in [0, 0.05) is 12.1 Å². The van der Waals surface area contributed by atoms with Gasteiger partial charge in [0.25, 0.3) is 15.9 Å². The minimum Gasteiger partial charge on any atom is -0.403 e. The number of aryl methyl sites for hydroxylation is 1. The summed E-state index contributed by atoms with van der Waals surface area (Å²) in [5.74, 6) is -1.95. The molecule has 0 aliphatic heterocycles. The highest BCUT2D eigenvalue weighted by Gasteiger charge is 2.27. The lowest BCUT2D eigenvalue weighted by molar-refractivity contribution is 0.514. The number of benzene rings is 1. The second-order valence-electron chi connectivity index (χ2n) is 6.18. The van der Waals surface area contributed by atoms with Gasteiger partial charge in [0.2, 0.25) is 0 Å². The SMILES string of the molecule is Cc1nn(C(C)C)c(C)c1S(=O)(=O)Nc1nnc(-c2ccc(F)cc2F)o1. The predicted octanol–water partition coefficient (Wildman–Crippen LogP) is 3.21. The largest absolute Gasteiger partial charge is 0.403 e. The van der Waals surface area contributed by atoms with Crippen molar-refractivity contribution in [2.45, 2.75) is 38.6 Å².